The van der Waals surface area contributed by atoms with Gasteiger partial charge in [-0.1, -0.05) is 71.1 Å². The summed E-state index contributed by atoms with van der Waals surface area (Å²) in [6.45, 7) is 5.15. The molecule has 0 aliphatic rings. The normalized spacial score (nSPS) is 13.2. The Labute approximate surface area is 216 Å². The maximum Gasteiger partial charge on any atom is 1.00 e. The van der Waals surface area contributed by atoms with Gasteiger partial charge < -0.3 is 26.2 Å². The summed E-state index contributed by atoms with van der Waals surface area (Å²) in [5, 5.41) is 28.2. The topological polar surface area (TPSA) is 79.2 Å². The number of hydrogen-bond donors (Lipinski definition) is 3. The van der Waals surface area contributed by atoms with E-state index in [0.717, 1.165) is 110 Å². The van der Waals surface area contributed by atoms with Gasteiger partial charge in [-0.3, -0.25) is 0 Å². The number of aliphatic hydroxyl groups excluding tert-OH is 3. The smallest absolute Gasteiger partial charge is 1.00 e. The molecule has 0 rings (SSSR count). The summed E-state index contributed by atoms with van der Waals surface area (Å²) >= 11 is 0. The van der Waals surface area contributed by atoms with Crippen molar-refractivity contribution in [3.8, 4) is 0 Å². The Morgan fingerprint density at radius 1 is 0.613 bits per heavy atom. The molecule has 0 bridgehead atoms. The molecule has 3 N–H and O–H groups in total. The molecule has 5 nitrogen and oxygen atoms in total. The Morgan fingerprint density at radius 3 is 1.68 bits per heavy atom. The van der Waals surface area contributed by atoms with E-state index in [0.29, 0.717) is 6.61 Å². The first kappa shape index (κ1) is 34.0. The summed E-state index contributed by atoms with van der Waals surface area (Å²) in [4.78, 5) is 0. The van der Waals surface area contributed by atoms with Crippen LogP contribution >= 0.6 is 0 Å². The van der Waals surface area contributed by atoms with Gasteiger partial charge in [0, 0.05) is 33.0 Å². The molecule has 184 valence electrons. The van der Waals surface area contributed by atoms with Crippen molar-refractivity contribution in [2.75, 3.05) is 33.0 Å². The van der Waals surface area contributed by atoms with Crippen LogP contribution in [0, 0.1) is 0 Å². The van der Waals surface area contributed by atoms with Gasteiger partial charge in [-0.2, -0.15) is 0 Å². The van der Waals surface area contributed by atoms with Gasteiger partial charge in [0.05, 0.1) is 12.2 Å². The van der Waals surface area contributed by atoms with Crippen molar-refractivity contribution < 1.29 is 55.8 Å². The Kier molecular flexibility index (Phi) is 31.6. The van der Waals surface area contributed by atoms with Crippen molar-refractivity contribution in [1.82, 2.24) is 0 Å². The van der Waals surface area contributed by atoms with E-state index in [1.165, 1.54) is 19.3 Å². The van der Waals surface area contributed by atoms with Gasteiger partial charge in [0.15, 0.2) is 0 Å². The first-order valence-electron chi connectivity index (χ1n) is 12.8. The minimum atomic E-state index is -0.359. The Balaban J connectivity index is -0.00000420. The fourth-order valence-corrected chi connectivity index (χ4v) is 3.65. The molecule has 0 aliphatic carbocycles. The summed E-state index contributed by atoms with van der Waals surface area (Å²) in [5.41, 5.74) is 0. The monoisotopic (exact) mass is 456 g/mol. The second-order valence-electron chi connectivity index (χ2n) is 8.56. The summed E-state index contributed by atoms with van der Waals surface area (Å²) < 4.78 is 11.7. The molecule has 0 saturated carbocycles. The van der Waals surface area contributed by atoms with Crippen molar-refractivity contribution >= 4 is 0 Å². The van der Waals surface area contributed by atoms with Crippen molar-refractivity contribution in [1.29, 1.82) is 0 Å². The molecule has 0 aromatic heterocycles. The molecule has 2 atom stereocenters. The molecule has 0 aromatic rings. The van der Waals surface area contributed by atoms with Crippen molar-refractivity contribution in [3.05, 3.63) is 0 Å². The van der Waals surface area contributed by atoms with E-state index in [2.05, 4.69) is 6.92 Å². The van der Waals surface area contributed by atoms with E-state index in [4.69, 9.17) is 19.7 Å². The number of hydrogen-bond acceptors (Lipinski definition) is 5. The first-order valence-corrected chi connectivity index (χ1v) is 12.8. The molecule has 31 heavy (non-hydrogen) atoms. The maximum atomic E-state index is 10.6. The summed E-state index contributed by atoms with van der Waals surface area (Å²) in [6, 6.07) is 0. The fourth-order valence-electron chi connectivity index (χ4n) is 3.65. The van der Waals surface area contributed by atoms with Gasteiger partial charge in [-0.15, -0.1) is 0 Å². The maximum absolute atomic E-state index is 10.6. The van der Waals surface area contributed by atoms with E-state index in [9.17, 15) is 5.11 Å². The molecular weight excluding hydrogens is 403 g/mol. The molecular formula is C25H53NaO5. The predicted octanol–water partition coefficient (Wildman–Crippen LogP) is 2.50. The van der Waals surface area contributed by atoms with Crippen LogP contribution in [0.1, 0.15) is 118 Å². The summed E-state index contributed by atoms with van der Waals surface area (Å²) in [7, 11) is 0. The summed E-state index contributed by atoms with van der Waals surface area (Å²) in [5.74, 6) is 0. The van der Waals surface area contributed by atoms with Crippen LogP contribution in [0.4, 0.5) is 0 Å². The molecule has 0 heterocycles. The molecule has 0 spiro atoms. The van der Waals surface area contributed by atoms with Gasteiger partial charge >= 0.3 is 29.6 Å². The van der Waals surface area contributed by atoms with E-state index < -0.39 is 0 Å². The number of ether oxygens (including phenoxy) is 2. The Morgan fingerprint density at radius 2 is 1.10 bits per heavy atom. The van der Waals surface area contributed by atoms with Gasteiger partial charge in [-0.25, -0.2) is 0 Å². The largest absolute Gasteiger partial charge is 1.00 e. The zero-order valence-corrected chi connectivity index (χ0v) is 22.9. The molecule has 0 fully saturated rings. The average molecular weight is 457 g/mol. The molecule has 0 saturated heterocycles. The molecule has 6 heteroatoms. The SMILES string of the molecule is CCCCCCC(O)C(CCCCCO)OCCCCCCOCCCCCCO.[H-].[Na+]. The molecule has 0 radical (unpaired) electrons. The Hall–Kier alpha value is 0.800. The number of unbranched alkanes of at least 4 members (excludes halogenated alkanes) is 11. The third-order valence-corrected chi connectivity index (χ3v) is 5.64. The first-order chi connectivity index (χ1) is 14.8. The van der Waals surface area contributed by atoms with Crippen LogP contribution in [0.5, 0.6) is 0 Å². The molecule has 0 amide bonds. The van der Waals surface area contributed by atoms with Gasteiger partial charge in [0.1, 0.15) is 0 Å². The van der Waals surface area contributed by atoms with Crippen molar-refractivity contribution in [3.63, 3.8) is 0 Å². The Bertz CT molecular complexity index is 327. The fraction of sp³-hybridized carbons (Fsp3) is 1.00. The molecule has 0 aromatic carbocycles. The van der Waals surface area contributed by atoms with Crippen LogP contribution in [0.2, 0.25) is 0 Å². The van der Waals surface area contributed by atoms with E-state index in [1.807, 2.05) is 0 Å². The zero-order chi connectivity index (χ0) is 22.1. The van der Waals surface area contributed by atoms with Crippen LogP contribution in [-0.2, 0) is 9.47 Å². The minimum absolute atomic E-state index is 0. The van der Waals surface area contributed by atoms with Gasteiger partial charge in [0.2, 0.25) is 0 Å². The van der Waals surface area contributed by atoms with Crippen LogP contribution in [-0.4, -0.2) is 60.6 Å². The van der Waals surface area contributed by atoms with Crippen LogP contribution < -0.4 is 29.6 Å². The number of rotatable bonds is 25. The third-order valence-electron chi connectivity index (χ3n) is 5.64. The third kappa shape index (κ3) is 25.3. The minimum Gasteiger partial charge on any atom is -1.00 e. The zero-order valence-electron chi connectivity index (χ0n) is 21.9. The number of aliphatic hydroxyl groups is 3. The quantitative estimate of drug-likeness (QED) is 0.145. The second-order valence-corrected chi connectivity index (χ2v) is 8.56. The van der Waals surface area contributed by atoms with Gasteiger partial charge in [0.25, 0.3) is 0 Å². The average Bonchev–Trinajstić information content (AvgIpc) is 2.75. The van der Waals surface area contributed by atoms with Crippen molar-refractivity contribution in [2.24, 2.45) is 0 Å². The van der Waals surface area contributed by atoms with Gasteiger partial charge in [-0.05, 0) is 44.9 Å². The van der Waals surface area contributed by atoms with E-state index >= 15 is 0 Å². The van der Waals surface area contributed by atoms with Crippen LogP contribution in [0.3, 0.4) is 0 Å². The molecule has 2 unspecified atom stereocenters. The van der Waals surface area contributed by atoms with E-state index in [-0.39, 0.29) is 49.8 Å². The second kappa shape index (κ2) is 28.8. The van der Waals surface area contributed by atoms with Crippen molar-refractivity contribution in [2.45, 2.75) is 128 Å². The van der Waals surface area contributed by atoms with Crippen LogP contribution in [0.15, 0.2) is 0 Å². The van der Waals surface area contributed by atoms with Crippen LogP contribution in [0.25, 0.3) is 0 Å². The predicted molar refractivity (Wildman–Crippen MR) is 126 cm³/mol. The summed E-state index contributed by atoms with van der Waals surface area (Å²) in [6.07, 6.45) is 17.5. The van der Waals surface area contributed by atoms with E-state index in [1.54, 1.807) is 0 Å². The standard InChI is InChI=1S/C25H52O5.Na.H/c1-2-3-4-10-17-24(28)25(18-11-9-13-20-27)30-23-16-8-7-15-22-29-21-14-6-5-12-19-26;;/h24-28H,2-23H2,1H3;;/q;+1;-1. The molecule has 0 aliphatic heterocycles.